The first-order valence-electron chi connectivity index (χ1n) is 14.9. The van der Waals surface area contributed by atoms with Crippen molar-refractivity contribution >= 4 is 5.97 Å². The highest BCUT2D eigenvalue weighted by molar-refractivity contribution is 5.89. The van der Waals surface area contributed by atoms with Crippen molar-refractivity contribution in [3.8, 4) is 0 Å². The molecule has 15 atom stereocenters. The van der Waals surface area contributed by atoms with Crippen molar-refractivity contribution in [1.82, 2.24) is 4.90 Å². The first-order valence-corrected chi connectivity index (χ1v) is 14.9. The number of aliphatic hydroxyl groups excluding tert-OH is 2. The van der Waals surface area contributed by atoms with E-state index >= 15 is 0 Å². The minimum atomic E-state index is -1.86. The molecule has 7 rings (SSSR count). The molecule has 1 saturated heterocycles. The molecule has 4 unspecified atom stereocenters. The third-order valence-electron chi connectivity index (χ3n) is 12.6. The van der Waals surface area contributed by atoms with Crippen molar-refractivity contribution in [2.24, 2.45) is 34.5 Å². The van der Waals surface area contributed by atoms with Gasteiger partial charge in [-0.15, -0.1) is 0 Å². The van der Waals surface area contributed by atoms with E-state index in [2.05, 4.69) is 4.90 Å². The van der Waals surface area contributed by atoms with E-state index < -0.39 is 82.4 Å². The number of likely N-dealkylation sites (tertiary alicyclic amines) is 1. The normalized spacial score (nSPS) is 53.7. The molecule has 0 amide bonds. The molecule has 7 bridgehead atoms. The maximum atomic E-state index is 13.5. The Balaban J connectivity index is 1.47. The third-order valence-corrected chi connectivity index (χ3v) is 12.6. The van der Waals surface area contributed by atoms with Gasteiger partial charge in [-0.05, 0) is 31.5 Å². The second-order valence-corrected chi connectivity index (χ2v) is 13.7. The number of fused-ring (bicyclic) bond motifs is 2. The molecule has 0 aromatic heterocycles. The molecule has 6 aliphatic rings. The quantitative estimate of drug-likeness (QED) is 0.311. The molecule has 1 aliphatic heterocycles. The number of benzene rings is 1. The number of hydrogen-bond acceptors (Lipinski definition) is 11. The molecule has 42 heavy (non-hydrogen) atoms. The predicted molar refractivity (Wildman–Crippen MR) is 146 cm³/mol. The molecule has 1 heterocycles. The number of nitrogens with zero attached hydrogens (tertiary/aromatic N) is 1. The van der Waals surface area contributed by atoms with Gasteiger partial charge in [0, 0.05) is 76.0 Å². The zero-order chi connectivity index (χ0) is 30.0. The van der Waals surface area contributed by atoms with Gasteiger partial charge < -0.3 is 49.0 Å². The van der Waals surface area contributed by atoms with E-state index in [0.717, 1.165) is 0 Å². The lowest BCUT2D eigenvalue weighted by Crippen LogP contribution is -2.80. The lowest BCUT2D eigenvalue weighted by Gasteiger charge is -2.69. The molecule has 4 N–H and O–H groups in total. The van der Waals surface area contributed by atoms with Crippen molar-refractivity contribution in [3.05, 3.63) is 35.9 Å². The van der Waals surface area contributed by atoms with Crippen LogP contribution in [0.2, 0.25) is 0 Å². The summed E-state index contributed by atoms with van der Waals surface area (Å²) in [5.74, 6) is -2.96. The van der Waals surface area contributed by atoms with E-state index in [-0.39, 0.29) is 25.0 Å². The summed E-state index contributed by atoms with van der Waals surface area (Å²) in [5, 5.41) is 49.4. The Morgan fingerprint density at radius 3 is 2.33 bits per heavy atom. The van der Waals surface area contributed by atoms with Gasteiger partial charge in [-0.1, -0.05) is 18.2 Å². The van der Waals surface area contributed by atoms with Crippen LogP contribution in [-0.2, 0) is 23.7 Å². The fourth-order valence-electron chi connectivity index (χ4n) is 11.8. The molecule has 0 radical (unpaired) electrons. The highest BCUT2D eigenvalue weighted by Gasteiger charge is 2.91. The maximum Gasteiger partial charge on any atom is 0.338 e. The number of methoxy groups -OCH3 is 4. The van der Waals surface area contributed by atoms with Crippen LogP contribution in [0.15, 0.2) is 30.3 Å². The van der Waals surface area contributed by atoms with Crippen LogP contribution in [0.3, 0.4) is 0 Å². The Morgan fingerprint density at radius 2 is 1.71 bits per heavy atom. The first kappa shape index (κ1) is 29.1. The molecule has 11 nitrogen and oxygen atoms in total. The fourth-order valence-corrected chi connectivity index (χ4v) is 11.8. The average Bonchev–Trinajstić information content (AvgIpc) is 3.37. The van der Waals surface area contributed by atoms with Gasteiger partial charge in [0.15, 0.2) is 0 Å². The zero-order valence-corrected chi connectivity index (χ0v) is 24.8. The topological polar surface area (TPSA) is 147 Å². The number of rotatable bonds is 7. The van der Waals surface area contributed by atoms with Crippen molar-refractivity contribution in [2.75, 3.05) is 48.6 Å². The third kappa shape index (κ3) is 3.05. The van der Waals surface area contributed by atoms with Crippen LogP contribution in [0.25, 0.3) is 0 Å². The number of hydrogen-bond donors (Lipinski definition) is 4. The first-order chi connectivity index (χ1) is 20.0. The van der Waals surface area contributed by atoms with Crippen LogP contribution >= 0.6 is 0 Å². The Kier molecular flexibility index (Phi) is 6.52. The van der Waals surface area contributed by atoms with Crippen LogP contribution in [0.1, 0.15) is 23.2 Å². The summed E-state index contributed by atoms with van der Waals surface area (Å²) in [6.07, 6.45) is -5.28. The van der Waals surface area contributed by atoms with Gasteiger partial charge in [0.1, 0.15) is 29.5 Å². The van der Waals surface area contributed by atoms with E-state index in [9.17, 15) is 25.2 Å². The molecule has 1 spiro atoms. The Labute approximate surface area is 245 Å². The van der Waals surface area contributed by atoms with E-state index in [1.807, 2.05) is 7.05 Å². The molecule has 6 fully saturated rings. The van der Waals surface area contributed by atoms with Crippen molar-refractivity contribution in [2.45, 2.75) is 66.7 Å². The van der Waals surface area contributed by atoms with Crippen LogP contribution < -0.4 is 0 Å². The number of esters is 1. The van der Waals surface area contributed by atoms with Gasteiger partial charge in [-0.25, -0.2) is 4.79 Å². The molecular formula is C31H43NO10. The van der Waals surface area contributed by atoms with Crippen molar-refractivity contribution in [3.63, 3.8) is 0 Å². The zero-order valence-electron chi connectivity index (χ0n) is 24.8. The maximum absolute atomic E-state index is 13.5. The van der Waals surface area contributed by atoms with Gasteiger partial charge in [0.05, 0.1) is 30.5 Å². The lowest BCUT2D eigenvalue weighted by molar-refractivity contribution is -0.318. The summed E-state index contributed by atoms with van der Waals surface area (Å²) in [5.41, 5.74) is -4.81. The summed E-state index contributed by atoms with van der Waals surface area (Å²) >= 11 is 0. The number of carbonyl (C=O) groups excluding carboxylic acids is 1. The predicted octanol–water partition coefficient (Wildman–Crippen LogP) is -0.313. The summed E-state index contributed by atoms with van der Waals surface area (Å²) in [6.45, 7) is 0.760. The van der Waals surface area contributed by atoms with Gasteiger partial charge in [-0.3, -0.25) is 0 Å². The summed E-state index contributed by atoms with van der Waals surface area (Å²) in [7, 11) is 8.22. The van der Waals surface area contributed by atoms with Crippen molar-refractivity contribution in [1.29, 1.82) is 0 Å². The summed E-state index contributed by atoms with van der Waals surface area (Å²) in [6, 6.07) is 8.22. The molecular weight excluding hydrogens is 546 g/mol. The standard InChI is InChI=1S/C31H43NO10/c1-32-13-28(14-38-2)17(33)11-18(39-3)30-16-12-29(36)25(42-27(35)15-9-7-6-8-10-15)19(16)31(37,24(34)26(29)41-5)20(23(30)32)21(40-4)22(28)30/h6-10,16-26,33-34,36-37H,11-14H2,1-5H3/t16-,17?,18+,19-,20?,21+,22-,23?,24+,25-,26+,28+,29+,30?,31-/m1/s1. The van der Waals surface area contributed by atoms with Crippen molar-refractivity contribution < 1.29 is 48.9 Å². The minimum Gasteiger partial charge on any atom is -0.455 e. The Bertz CT molecular complexity index is 1240. The number of piperidine rings is 1. The molecule has 1 aromatic rings. The van der Waals surface area contributed by atoms with Crippen LogP contribution in [-0.4, -0.2) is 134 Å². The van der Waals surface area contributed by atoms with Gasteiger partial charge in [-0.2, -0.15) is 0 Å². The lowest BCUT2D eigenvalue weighted by atomic mass is 9.42. The molecule has 232 valence electrons. The smallest absolute Gasteiger partial charge is 0.338 e. The van der Waals surface area contributed by atoms with Crippen LogP contribution in [0, 0.1) is 34.5 Å². The van der Waals surface area contributed by atoms with Gasteiger partial charge >= 0.3 is 5.97 Å². The van der Waals surface area contributed by atoms with E-state index in [4.69, 9.17) is 23.7 Å². The number of carbonyl (C=O) groups is 1. The molecule has 1 aromatic carbocycles. The SMILES string of the molecule is COC[C@]12CN(C)C3C4[C@H](OC)[C@H]1C3([C@@H](OC)CC2O)[C@@H]1C[C@]2(O)[C@H](OC(=O)c3ccccc3)[C@@H]1[C@]4(O)[C@@H](O)[C@@H]2OC. The summed E-state index contributed by atoms with van der Waals surface area (Å²) < 4.78 is 30.3. The molecule has 11 heteroatoms. The second kappa shape index (κ2) is 9.42. The second-order valence-electron chi connectivity index (χ2n) is 13.7. The number of ether oxygens (including phenoxy) is 5. The van der Waals surface area contributed by atoms with Crippen LogP contribution in [0.5, 0.6) is 0 Å². The average molecular weight is 590 g/mol. The van der Waals surface area contributed by atoms with Gasteiger partial charge in [0.25, 0.3) is 0 Å². The van der Waals surface area contributed by atoms with E-state index in [1.165, 1.54) is 7.11 Å². The largest absolute Gasteiger partial charge is 0.455 e. The Hall–Kier alpha value is -1.67. The molecule has 5 aliphatic carbocycles. The van der Waals surface area contributed by atoms with E-state index in [0.29, 0.717) is 18.5 Å². The van der Waals surface area contributed by atoms with Crippen LogP contribution in [0.4, 0.5) is 0 Å². The van der Waals surface area contributed by atoms with E-state index in [1.54, 1.807) is 51.7 Å². The monoisotopic (exact) mass is 589 g/mol. The highest BCUT2D eigenvalue weighted by atomic mass is 16.6. The highest BCUT2D eigenvalue weighted by Crippen LogP contribution is 2.80. The summed E-state index contributed by atoms with van der Waals surface area (Å²) in [4.78, 5) is 15.7. The fraction of sp³-hybridized carbons (Fsp3) is 0.774. The Morgan fingerprint density at radius 1 is 1.00 bits per heavy atom. The van der Waals surface area contributed by atoms with Gasteiger partial charge in [0.2, 0.25) is 0 Å². The minimum absolute atomic E-state index is 0.102. The number of aliphatic hydroxyl groups is 4. The molecule has 5 saturated carbocycles.